The molecular weight excluding hydrogens is 530 g/mol. The summed E-state index contributed by atoms with van der Waals surface area (Å²) in [5, 5.41) is 17.5. The second-order valence-electron chi connectivity index (χ2n) is 8.27. The van der Waals surface area contributed by atoms with E-state index in [2.05, 4.69) is 31.3 Å². The lowest BCUT2D eigenvalue weighted by Crippen LogP contribution is -2.31. The van der Waals surface area contributed by atoms with Crippen LogP contribution in [0.15, 0.2) is 52.4 Å². The summed E-state index contributed by atoms with van der Waals surface area (Å²) in [5.41, 5.74) is 18.9. The number of benzene rings is 2. The number of carboxylic acids is 1. The number of anilines is 1. The van der Waals surface area contributed by atoms with E-state index in [1.54, 1.807) is 12.4 Å². The van der Waals surface area contributed by atoms with Gasteiger partial charge >= 0.3 is 5.97 Å². The summed E-state index contributed by atoms with van der Waals surface area (Å²) < 4.78 is 0. The van der Waals surface area contributed by atoms with Crippen molar-refractivity contribution in [2.75, 3.05) is 25.6 Å². The number of amides is 3. The van der Waals surface area contributed by atoms with Gasteiger partial charge in [-0.15, -0.1) is 0 Å². The molecule has 0 spiro atoms. The molecule has 0 radical (unpaired) electrons. The van der Waals surface area contributed by atoms with Gasteiger partial charge in [0.1, 0.15) is 30.6 Å². The van der Waals surface area contributed by atoms with Gasteiger partial charge in [0.25, 0.3) is 17.7 Å². The Balaban J connectivity index is 0.000000202. The molecule has 16 heteroatoms. The van der Waals surface area contributed by atoms with E-state index in [0.29, 0.717) is 12.3 Å². The van der Waals surface area contributed by atoms with Gasteiger partial charge in [-0.1, -0.05) is 24.3 Å². The second kappa shape index (κ2) is 14.3. The summed E-state index contributed by atoms with van der Waals surface area (Å²) in [7, 11) is 0. The van der Waals surface area contributed by atoms with Crippen LogP contribution in [0.1, 0.15) is 21.5 Å². The molecule has 212 valence electrons. The predicted molar refractivity (Wildman–Crippen MR) is 139 cm³/mol. The highest BCUT2D eigenvalue weighted by molar-refractivity contribution is 5.91. The fourth-order valence-electron chi connectivity index (χ4n) is 3.00. The van der Waals surface area contributed by atoms with Crippen LogP contribution in [0.4, 0.5) is 5.69 Å². The van der Waals surface area contributed by atoms with Crippen molar-refractivity contribution in [3.8, 4) is 5.75 Å². The molecular formula is C24H27N7O9. The Hall–Kier alpha value is -4.90. The number of hydrogen-bond donors (Lipinski definition) is 7. The number of nitrogens with two attached hydrogens (primary N) is 2. The lowest BCUT2D eigenvalue weighted by molar-refractivity contribution is -0.125. The normalized spacial score (nSPS) is 21.7. The second-order valence-corrected chi connectivity index (χ2v) is 8.27. The van der Waals surface area contributed by atoms with Crippen molar-refractivity contribution in [1.82, 2.24) is 16.4 Å². The number of aromatic carboxylic acids is 1. The van der Waals surface area contributed by atoms with E-state index in [4.69, 9.17) is 31.4 Å². The molecule has 3 atom stereocenters. The van der Waals surface area contributed by atoms with E-state index in [-0.39, 0.29) is 42.2 Å². The van der Waals surface area contributed by atoms with Gasteiger partial charge in [-0.05, 0) is 23.3 Å². The zero-order valence-electron chi connectivity index (χ0n) is 20.9. The first-order valence-electron chi connectivity index (χ1n) is 11.6. The molecule has 2 aromatic carbocycles. The van der Waals surface area contributed by atoms with Gasteiger partial charge < -0.3 is 21.7 Å². The van der Waals surface area contributed by atoms with Crippen molar-refractivity contribution >= 4 is 41.8 Å². The number of nitrogen functional groups attached to an aromatic ring is 1. The van der Waals surface area contributed by atoms with Crippen molar-refractivity contribution in [2.24, 2.45) is 15.7 Å². The highest BCUT2D eigenvalue weighted by atomic mass is 16.7. The topological polar surface area (TPSA) is 249 Å². The number of phenols is 1. The molecule has 0 bridgehead atoms. The number of nitrogens with zero attached hydrogens (tertiary/aromatic N) is 2. The van der Waals surface area contributed by atoms with E-state index in [1.807, 2.05) is 24.3 Å². The number of aliphatic imine (C=N–C) groups is 2. The molecule has 3 heterocycles. The summed E-state index contributed by atoms with van der Waals surface area (Å²) in [6, 6.07) is 9.82. The monoisotopic (exact) mass is 557 g/mol. The number of carbonyl (C=O) groups is 4. The third kappa shape index (κ3) is 8.84. The van der Waals surface area contributed by atoms with Crippen molar-refractivity contribution in [3.63, 3.8) is 0 Å². The number of carboxylic acid groups (broad SMARTS) is 1. The lowest BCUT2D eigenvalue weighted by atomic mass is 10.1. The number of carbonyl (C=O) groups excluding carboxylic acids is 3. The van der Waals surface area contributed by atoms with Crippen LogP contribution in [-0.4, -0.2) is 84.3 Å². The SMILES string of the molecule is N[C@@H]1CONC1=O.Nc1ccc(C(=O)O)c(O)c1.O=C1NOCC1/N=C/c1ccc(/C=N/C2CONC2=O)cc1. The maximum Gasteiger partial charge on any atom is 0.339 e. The average molecular weight is 558 g/mol. The molecule has 2 aromatic rings. The van der Waals surface area contributed by atoms with E-state index in [1.165, 1.54) is 18.2 Å². The summed E-state index contributed by atoms with van der Waals surface area (Å²) >= 11 is 0. The van der Waals surface area contributed by atoms with Crippen LogP contribution in [-0.2, 0) is 28.9 Å². The highest BCUT2D eigenvalue weighted by Gasteiger charge is 2.24. The molecule has 5 rings (SSSR count). The first kappa shape index (κ1) is 29.7. The third-order valence-electron chi connectivity index (χ3n) is 5.20. The molecule has 0 aliphatic carbocycles. The Morgan fingerprint density at radius 3 is 1.62 bits per heavy atom. The van der Waals surface area contributed by atoms with Gasteiger partial charge in [0.15, 0.2) is 12.1 Å². The molecule has 3 aliphatic heterocycles. The molecule has 40 heavy (non-hydrogen) atoms. The predicted octanol–water partition coefficient (Wildman–Crippen LogP) is -1.57. The van der Waals surface area contributed by atoms with Gasteiger partial charge in [-0.3, -0.25) is 38.9 Å². The van der Waals surface area contributed by atoms with Gasteiger partial charge in [0.2, 0.25) is 0 Å². The van der Waals surface area contributed by atoms with Crippen molar-refractivity contribution in [1.29, 1.82) is 0 Å². The zero-order valence-corrected chi connectivity index (χ0v) is 20.9. The van der Waals surface area contributed by atoms with Crippen LogP contribution in [0.25, 0.3) is 0 Å². The number of nitrogens with one attached hydrogen (secondary N) is 3. The van der Waals surface area contributed by atoms with E-state index < -0.39 is 24.1 Å². The van der Waals surface area contributed by atoms with Crippen molar-refractivity contribution < 1.29 is 43.9 Å². The Morgan fingerprint density at radius 2 is 1.30 bits per heavy atom. The minimum absolute atomic E-state index is 0.140. The van der Waals surface area contributed by atoms with E-state index in [9.17, 15) is 19.2 Å². The largest absolute Gasteiger partial charge is 0.507 e. The van der Waals surface area contributed by atoms with Crippen LogP contribution in [0.3, 0.4) is 0 Å². The lowest BCUT2D eigenvalue weighted by Gasteiger charge is -1.99. The minimum atomic E-state index is -1.16. The Bertz CT molecular complexity index is 1230. The molecule has 0 saturated carbocycles. The van der Waals surface area contributed by atoms with Crippen LogP contribution < -0.4 is 27.9 Å². The first-order chi connectivity index (χ1) is 19.1. The molecule has 3 aliphatic rings. The van der Waals surface area contributed by atoms with E-state index in [0.717, 1.165) is 11.1 Å². The smallest absolute Gasteiger partial charge is 0.339 e. The molecule has 3 amide bonds. The van der Waals surface area contributed by atoms with Crippen molar-refractivity contribution in [3.05, 3.63) is 59.2 Å². The van der Waals surface area contributed by atoms with Crippen LogP contribution in [0.2, 0.25) is 0 Å². The van der Waals surface area contributed by atoms with Gasteiger partial charge in [0.05, 0.1) is 6.61 Å². The Morgan fingerprint density at radius 1 is 0.825 bits per heavy atom. The number of rotatable bonds is 5. The van der Waals surface area contributed by atoms with Gasteiger partial charge in [0, 0.05) is 24.2 Å². The molecule has 9 N–H and O–H groups in total. The fraction of sp³-hybridized carbons (Fsp3) is 0.250. The Kier molecular flexibility index (Phi) is 10.6. The standard InChI is InChI=1S/C14H14N4O4.C7H7NO3.C3H6N2O2/c19-13-11(7-21-17-13)15-5-9-1-2-10(4-3-9)6-16-12-8-22-18-14(12)20;8-4-1-2-5(7(10)11)6(9)3-4;4-2-1-7-5-3(2)6/h1-6,11-12H,7-8H2,(H,17,19)(H,18,20);1-3,9H,8H2,(H,10,11);2H,1,4H2,(H,5,6)/b15-5+,16-6+;;/t;;2-/m..1/s1. The molecule has 16 nitrogen and oxygen atoms in total. The zero-order chi connectivity index (χ0) is 29.1. The van der Waals surface area contributed by atoms with E-state index >= 15 is 0 Å². The van der Waals surface area contributed by atoms with Crippen LogP contribution in [0.5, 0.6) is 5.75 Å². The molecule has 3 saturated heterocycles. The quantitative estimate of drug-likeness (QED) is 0.163. The summed E-state index contributed by atoms with van der Waals surface area (Å²) in [4.78, 5) is 65.4. The van der Waals surface area contributed by atoms with Crippen LogP contribution >= 0.6 is 0 Å². The van der Waals surface area contributed by atoms with Crippen LogP contribution in [0, 0.1) is 0 Å². The highest BCUT2D eigenvalue weighted by Crippen LogP contribution is 2.19. The molecule has 3 fully saturated rings. The molecule has 0 aromatic heterocycles. The maximum absolute atomic E-state index is 11.3. The fourth-order valence-corrected chi connectivity index (χ4v) is 3.00. The Labute approximate surface area is 226 Å². The number of aromatic hydroxyl groups is 1. The summed E-state index contributed by atoms with van der Waals surface area (Å²) in [5.74, 6) is -2.19. The van der Waals surface area contributed by atoms with Crippen molar-refractivity contribution in [2.45, 2.75) is 18.1 Å². The van der Waals surface area contributed by atoms with Gasteiger partial charge in [-0.25, -0.2) is 21.2 Å². The third-order valence-corrected chi connectivity index (χ3v) is 5.20. The maximum atomic E-state index is 11.3. The minimum Gasteiger partial charge on any atom is -0.507 e. The summed E-state index contributed by atoms with van der Waals surface area (Å²) in [6.45, 7) is 0.774. The molecule has 2 unspecified atom stereocenters. The average Bonchev–Trinajstić information content (AvgIpc) is 3.64. The summed E-state index contributed by atoms with van der Waals surface area (Å²) in [6.07, 6.45) is 3.25. The number of hydrogen-bond acceptors (Lipinski definition) is 12. The number of hydroxylamine groups is 3. The van der Waals surface area contributed by atoms with Gasteiger partial charge in [-0.2, -0.15) is 0 Å². The first-order valence-corrected chi connectivity index (χ1v) is 11.6.